The van der Waals surface area contributed by atoms with Crippen LogP contribution in [-0.4, -0.2) is 41.4 Å². The summed E-state index contributed by atoms with van der Waals surface area (Å²) in [5.41, 5.74) is -2.23. The molecule has 1 aromatic heterocycles. The molecule has 1 aliphatic rings. The van der Waals surface area contributed by atoms with E-state index in [4.69, 9.17) is 15.3 Å². The first-order valence-electron chi connectivity index (χ1n) is 11.0. The van der Waals surface area contributed by atoms with E-state index in [0.717, 1.165) is 0 Å². The Kier molecular flexibility index (Phi) is 7.05. The molecule has 0 saturated carbocycles. The molecule has 1 unspecified atom stereocenters. The Bertz CT molecular complexity index is 963. The van der Waals surface area contributed by atoms with Crippen molar-refractivity contribution in [3.8, 4) is 0 Å². The predicted octanol–water partition coefficient (Wildman–Crippen LogP) is 4.39. The maximum Gasteiger partial charge on any atom is 0.425 e. The van der Waals surface area contributed by atoms with Crippen LogP contribution < -0.4 is 11.2 Å². The first-order chi connectivity index (χ1) is 14.5. The van der Waals surface area contributed by atoms with Gasteiger partial charge in [0.2, 0.25) is 0 Å². The molecule has 1 aliphatic heterocycles. The van der Waals surface area contributed by atoms with E-state index >= 15 is 0 Å². The lowest BCUT2D eigenvalue weighted by Gasteiger charge is -2.39. The summed E-state index contributed by atoms with van der Waals surface area (Å²) in [5, 5.41) is 0.120. The molecule has 0 bridgehead atoms. The summed E-state index contributed by atoms with van der Waals surface area (Å²) in [4.78, 5) is 38.5. The monoisotopic (exact) mass is 520 g/mol. The van der Waals surface area contributed by atoms with Gasteiger partial charge in [-0.15, -0.1) is 0 Å². The first kappa shape index (κ1) is 24.4. The maximum absolute atomic E-state index is 13.2. The zero-order valence-electron chi connectivity index (χ0n) is 20.7. The van der Waals surface area contributed by atoms with Crippen molar-refractivity contribution in [2.24, 2.45) is 0 Å². The number of hydrogen-bond donors (Lipinski definition) is 0. The number of rotatable bonds is 4. The van der Waals surface area contributed by atoms with E-state index in [2.05, 4.69) is 49.8 Å². The fourth-order valence-corrected chi connectivity index (χ4v) is 4.69. The number of carbonyl (C=O) groups is 1. The Morgan fingerprint density at radius 1 is 1.29 bits per heavy atom. The highest BCUT2D eigenvalue weighted by molar-refractivity contribution is 9.08. The Labute approximate surface area is 194 Å². The molecule has 2 rings (SSSR count). The molecule has 8 nitrogen and oxygen atoms in total. The molecular formula is C21H35BrN2O6Si. The van der Waals surface area contributed by atoms with Crippen molar-refractivity contribution < 1.29 is 20.1 Å². The Morgan fingerprint density at radius 2 is 1.90 bits per heavy atom. The van der Waals surface area contributed by atoms with Gasteiger partial charge < -0.3 is 13.9 Å². The standard InChI is InChI=1S/C21H35BrN2O6Si/c1-13-15(30-31(8,9)21(5,6)7)10-16(28-13)23-12-14(11-22)17(25)24(18(23)26)19(27)29-20(2,3)4/h12-13,15-16H,10-11H2,1-9H3/t13-,15?,16-/m1/s1/i1T. The third-order valence-electron chi connectivity index (χ3n) is 5.65. The van der Waals surface area contributed by atoms with Crippen molar-refractivity contribution in [2.75, 3.05) is 0 Å². The molecule has 0 spiro atoms. The first-order valence-corrected chi connectivity index (χ1v) is 14.3. The predicted molar refractivity (Wildman–Crippen MR) is 125 cm³/mol. The lowest BCUT2D eigenvalue weighted by atomic mass is 10.2. The summed E-state index contributed by atoms with van der Waals surface area (Å²) in [6.07, 6.45) is -0.937. The van der Waals surface area contributed by atoms with E-state index < -0.39 is 43.6 Å². The molecular weight excluding hydrogens is 484 g/mol. The molecule has 0 aliphatic carbocycles. The van der Waals surface area contributed by atoms with Crippen LogP contribution in [0.15, 0.2) is 15.8 Å². The van der Waals surface area contributed by atoms with Crippen molar-refractivity contribution in [3.05, 3.63) is 32.6 Å². The van der Waals surface area contributed by atoms with Crippen molar-refractivity contribution in [2.45, 2.75) is 102 Å². The summed E-state index contributed by atoms with van der Waals surface area (Å²) < 4.78 is 27.4. The van der Waals surface area contributed by atoms with Crippen LogP contribution in [0.25, 0.3) is 0 Å². The third kappa shape index (κ3) is 5.77. The van der Waals surface area contributed by atoms with Crippen LogP contribution in [-0.2, 0) is 19.2 Å². The van der Waals surface area contributed by atoms with Gasteiger partial charge in [-0.3, -0.25) is 9.36 Å². The summed E-state index contributed by atoms with van der Waals surface area (Å²) in [5.74, 6) is 0. The molecule has 3 atom stereocenters. The lowest BCUT2D eigenvalue weighted by molar-refractivity contribution is -0.00926. The summed E-state index contributed by atoms with van der Waals surface area (Å²) in [7, 11) is -2.14. The molecule has 10 heteroatoms. The van der Waals surface area contributed by atoms with Crippen LogP contribution in [0.5, 0.6) is 0 Å². The van der Waals surface area contributed by atoms with Gasteiger partial charge >= 0.3 is 11.8 Å². The summed E-state index contributed by atoms with van der Waals surface area (Å²) in [6, 6.07) is 0. The zero-order chi connectivity index (χ0) is 24.6. The van der Waals surface area contributed by atoms with E-state index in [1.807, 2.05) is 0 Å². The van der Waals surface area contributed by atoms with Gasteiger partial charge in [-0.1, -0.05) is 36.7 Å². The SMILES string of the molecule is [3H]C[C@H]1O[C@@H](n2cc(CBr)c(=O)n(C(=O)OC(C)(C)C)c2=O)CC1O[Si](C)(C)C(C)(C)C. The highest BCUT2D eigenvalue weighted by Crippen LogP contribution is 2.40. The smallest absolute Gasteiger partial charge is 0.425 e. The summed E-state index contributed by atoms with van der Waals surface area (Å²) in [6.45, 7) is 15.6. The topological polar surface area (TPSA) is 88.8 Å². The average Bonchev–Trinajstić information content (AvgIpc) is 3.01. The van der Waals surface area contributed by atoms with Gasteiger partial charge in [0.1, 0.15) is 11.8 Å². The number of hydrogen-bond acceptors (Lipinski definition) is 6. The van der Waals surface area contributed by atoms with Crippen molar-refractivity contribution in [1.29, 1.82) is 0 Å². The second kappa shape index (κ2) is 8.96. The van der Waals surface area contributed by atoms with E-state index in [1.54, 1.807) is 20.8 Å². The minimum absolute atomic E-state index is 0.0262. The number of halogens is 1. The quantitative estimate of drug-likeness (QED) is 0.432. The Morgan fingerprint density at radius 3 is 2.39 bits per heavy atom. The fourth-order valence-electron chi connectivity index (χ4n) is 2.94. The molecule has 0 radical (unpaired) electrons. The van der Waals surface area contributed by atoms with Crippen LogP contribution in [0.3, 0.4) is 0 Å². The van der Waals surface area contributed by atoms with Gasteiger partial charge in [-0.05, 0) is 45.8 Å². The second-order valence-electron chi connectivity index (χ2n) is 10.4. The average molecular weight is 522 g/mol. The molecule has 0 amide bonds. The van der Waals surface area contributed by atoms with Crippen molar-refractivity contribution >= 4 is 30.3 Å². The number of aromatic nitrogens is 2. The third-order valence-corrected chi connectivity index (χ3v) is 10.8. The highest BCUT2D eigenvalue weighted by Gasteiger charge is 2.44. The van der Waals surface area contributed by atoms with Crippen molar-refractivity contribution in [1.82, 2.24) is 9.13 Å². The molecule has 1 saturated heterocycles. The number of carbonyl (C=O) groups excluding carboxylic acids is 1. The van der Waals surface area contributed by atoms with Gasteiger partial charge in [0.15, 0.2) is 8.32 Å². The largest absolute Gasteiger partial charge is 0.443 e. The van der Waals surface area contributed by atoms with Crippen LogP contribution in [0, 0.1) is 0 Å². The molecule has 2 heterocycles. The molecule has 176 valence electrons. The van der Waals surface area contributed by atoms with Gasteiger partial charge in [-0.25, -0.2) is 9.59 Å². The normalized spacial score (nSPS) is 23.0. The van der Waals surface area contributed by atoms with E-state index in [1.165, 1.54) is 10.8 Å². The number of nitrogens with zero attached hydrogens (tertiary/aromatic N) is 2. The number of alkyl halides is 1. The molecule has 1 fully saturated rings. The van der Waals surface area contributed by atoms with Gasteiger partial charge in [0.25, 0.3) is 5.56 Å². The minimum Gasteiger partial charge on any atom is -0.443 e. The Hall–Kier alpha value is -1.23. The van der Waals surface area contributed by atoms with E-state index in [9.17, 15) is 14.4 Å². The Balaban J connectivity index is 2.47. The molecule has 0 N–H and O–H groups in total. The van der Waals surface area contributed by atoms with E-state index in [-0.39, 0.29) is 28.9 Å². The molecule has 31 heavy (non-hydrogen) atoms. The van der Waals surface area contributed by atoms with Gasteiger partial charge in [-0.2, -0.15) is 4.57 Å². The zero-order valence-corrected chi connectivity index (χ0v) is 22.2. The van der Waals surface area contributed by atoms with Crippen LogP contribution in [0.2, 0.25) is 18.1 Å². The molecule has 1 aromatic rings. The highest BCUT2D eigenvalue weighted by atomic mass is 79.9. The number of ether oxygens (including phenoxy) is 2. The van der Waals surface area contributed by atoms with Crippen molar-refractivity contribution in [3.63, 3.8) is 0 Å². The van der Waals surface area contributed by atoms with Gasteiger partial charge in [0.05, 0.1) is 12.2 Å². The minimum atomic E-state index is -2.14. The summed E-state index contributed by atoms with van der Waals surface area (Å²) >= 11 is 3.25. The second-order valence-corrected chi connectivity index (χ2v) is 15.7. The molecule has 0 aromatic carbocycles. The maximum atomic E-state index is 13.2. The fraction of sp³-hybridized carbons (Fsp3) is 0.762. The van der Waals surface area contributed by atoms with Crippen LogP contribution >= 0.6 is 15.9 Å². The van der Waals surface area contributed by atoms with Crippen LogP contribution in [0.4, 0.5) is 4.79 Å². The van der Waals surface area contributed by atoms with E-state index in [0.29, 0.717) is 11.0 Å². The van der Waals surface area contributed by atoms with Crippen LogP contribution in [0.1, 0.15) is 68.0 Å². The lowest BCUT2D eigenvalue weighted by Crippen LogP contribution is -2.47. The van der Waals surface area contributed by atoms with Gasteiger partial charge in [0, 0.05) is 24.9 Å².